The van der Waals surface area contributed by atoms with E-state index < -0.39 is 0 Å². The van der Waals surface area contributed by atoms with E-state index in [1.807, 2.05) is 30.3 Å². The van der Waals surface area contributed by atoms with Crippen molar-refractivity contribution in [3.63, 3.8) is 0 Å². The lowest BCUT2D eigenvalue weighted by atomic mass is 9.87. The molecule has 0 spiro atoms. The Morgan fingerprint density at radius 1 is 1.12 bits per heavy atom. The van der Waals surface area contributed by atoms with Crippen LogP contribution in [0.15, 0.2) is 48.5 Å². The summed E-state index contributed by atoms with van der Waals surface area (Å²) in [7, 11) is 0. The van der Waals surface area contributed by atoms with E-state index in [9.17, 15) is 4.79 Å². The molecule has 2 aromatic carbocycles. The highest BCUT2D eigenvalue weighted by atomic mass is 32.1. The zero-order chi connectivity index (χ0) is 17.7. The molecule has 0 heterocycles. The van der Waals surface area contributed by atoms with Crippen LogP contribution < -0.4 is 10.6 Å². The molecule has 0 aliphatic carbocycles. The van der Waals surface area contributed by atoms with Crippen LogP contribution in [-0.4, -0.2) is 16.1 Å². The number of amides is 1. The number of rotatable bonds is 3. The third-order valence-electron chi connectivity index (χ3n) is 3.61. The molecular formula is C19H22N2O2S. The van der Waals surface area contributed by atoms with E-state index in [1.165, 1.54) is 5.56 Å². The van der Waals surface area contributed by atoms with Crippen molar-refractivity contribution in [3.8, 4) is 0 Å². The Labute approximate surface area is 147 Å². The quantitative estimate of drug-likeness (QED) is 0.746. The lowest BCUT2D eigenvalue weighted by molar-refractivity contribution is 0.0977. The van der Waals surface area contributed by atoms with Crippen molar-refractivity contribution in [3.05, 3.63) is 65.2 Å². The largest absolute Gasteiger partial charge is 0.392 e. The van der Waals surface area contributed by atoms with Crippen LogP contribution in [0.2, 0.25) is 0 Å². The molecule has 3 N–H and O–H groups in total. The van der Waals surface area contributed by atoms with Crippen molar-refractivity contribution in [1.82, 2.24) is 5.32 Å². The van der Waals surface area contributed by atoms with E-state index in [1.54, 1.807) is 18.2 Å². The number of carbonyl (C=O) groups excluding carboxylic acids is 1. The fraction of sp³-hybridized carbons (Fsp3) is 0.263. The highest BCUT2D eigenvalue weighted by Gasteiger charge is 2.14. The molecule has 2 aromatic rings. The molecule has 1 amide bonds. The summed E-state index contributed by atoms with van der Waals surface area (Å²) in [6.07, 6.45) is 0. The van der Waals surface area contributed by atoms with Gasteiger partial charge in [0.15, 0.2) is 5.11 Å². The topological polar surface area (TPSA) is 61.4 Å². The second-order valence-electron chi connectivity index (χ2n) is 6.59. The molecule has 0 bridgehead atoms. The summed E-state index contributed by atoms with van der Waals surface area (Å²) in [4.78, 5) is 12.3. The summed E-state index contributed by atoms with van der Waals surface area (Å²) >= 11 is 5.17. The van der Waals surface area contributed by atoms with E-state index in [4.69, 9.17) is 17.3 Å². The van der Waals surface area contributed by atoms with Gasteiger partial charge in [-0.3, -0.25) is 10.1 Å². The van der Waals surface area contributed by atoms with Gasteiger partial charge in [-0.1, -0.05) is 45.0 Å². The first kappa shape index (κ1) is 18.1. The Hall–Kier alpha value is -2.24. The number of hydrogen-bond acceptors (Lipinski definition) is 3. The zero-order valence-electron chi connectivity index (χ0n) is 14.1. The highest BCUT2D eigenvalue weighted by Crippen LogP contribution is 2.22. The third-order valence-corrected chi connectivity index (χ3v) is 3.81. The van der Waals surface area contributed by atoms with Crippen molar-refractivity contribution in [2.75, 3.05) is 5.32 Å². The molecule has 0 fully saturated rings. The van der Waals surface area contributed by atoms with Crippen LogP contribution in [0, 0.1) is 0 Å². The molecule has 0 aliphatic heterocycles. The van der Waals surface area contributed by atoms with E-state index in [-0.39, 0.29) is 23.0 Å². The Morgan fingerprint density at radius 3 is 2.38 bits per heavy atom. The summed E-state index contributed by atoms with van der Waals surface area (Å²) in [5.74, 6) is -0.258. The van der Waals surface area contributed by atoms with E-state index in [0.717, 1.165) is 11.3 Å². The van der Waals surface area contributed by atoms with Crippen LogP contribution in [0.3, 0.4) is 0 Å². The standard InChI is InChI=1S/C19H22N2O2S/c1-19(2,3)15-9-7-14(8-10-15)17(23)21-18(24)20-16-6-4-5-13(11-16)12-22/h4-11,22H,12H2,1-3H3,(H2,20,21,23,24). The van der Waals surface area contributed by atoms with Crippen LogP contribution in [0.4, 0.5) is 5.69 Å². The average Bonchev–Trinajstić information content (AvgIpc) is 2.54. The molecule has 0 saturated carbocycles. The minimum absolute atomic E-state index is 0.0452. The molecule has 0 aromatic heterocycles. The maximum absolute atomic E-state index is 12.3. The smallest absolute Gasteiger partial charge is 0.257 e. The summed E-state index contributed by atoms with van der Waals surface area (Å²) in [6.45, 7) is 6.33. The Balaban J connectivity index is 1.99. The van der Waals surface area contributed by atoms with Crippen molar-refractivity contribution < 1.29 is 9.90 Å². The van der Waals surface area contributed by atoms with Gasteiger partial charge in [0, 0.05) is 11.3 Å². The molecule has 0 aliphatic rings. The number of thiocarbonyl (C=S) groups is 1. The van der Waals surface area contributed by atoms with E-state index in [2.05, 4.69) is 31.4 Å². The lowest BCUT2D eigenvalue weighted by Gasteiger charge is -2.19. The van der Waals surface area contributed by atoms with Gasteiger partial charge in [0.05, 0.1) is 6.61 Å². The molecule has 0 unspecified atom stereocenters. The van der Waals surface area contributed by atoms with Crippen LogP contribution in [0.5, 0.6) is 0 Å². The van der Waals surface area contributed by atoms with Gasteiger partial charge in [-0.2, -0.15) is 0 Å². The third kappa shape index (κ3) is 4.88. The van der Waals surface area contributed by atoms with Gasteiger partial charge in [-0.05, 0) is 53.0 Å². The second-order valence-corrected chi connectivity index (χ2v) is 7.00. The first-order chi connectivity index (χ1) is 11.3. The van der Waals surface area contributed by atoms with Crippen LogP contribution in [0.1, 0.15) is 42.3 Å². The molecule has 5 heteroatoms. The molecule has 126 valence electrons. The number of hydrogen-bond donors (Lipinski definition) is 3. The van der Waals surface area contributed by atoms with Gasteiger partial charge < -0.3 is 10.4 Å². The molecule has 0 saturated heterocycles. The van der Waals surface area contributed by atoms with Gasteiger partial charge in [-0.15, -0.1) is 0 Å². The number of aliphatic hydroxyl groups is 1. The number of carbonyl (C=O) groups is 1. The Bertz CT molecular complexity index is 734. The van der Waals surface area contributed by atoms with Crippen molar-refractivity contribution in [2.45, 2.75) is 32.8 Å². The number of anilines is 1. The molecule has 2 rings (SSSR count). The lowest BCUT2D eigenvalue weighted by Crippen LogP contribution is -2.34. The maximum atomic E-state index is 12.3. The van der Waals surface area contributed by atoms with Gasteiger partial charge in [0.25, 0.3) is 5.91 Å². The summed E-state index contributed by atoms with van der Waals surface area (Å²) in [6, 6.07) is 14.7. The molecule has 0 radical (unpaired) electrons. The summed E-state index contributed by atoms with van der Waals surface area (Å²) < 4.78 is 0. The summed E-state index contributed by atoms with van der Waals surface area (Å²) in [5.41, 5.74) is 3.25. The molecular weight excluding hydrogens is 320 g/mol. The van der Waals surface area contributed by atoms with E-state index >= 15 is 0 Å². The predicted molar refractivity (Wildman–Crippen MR) is 101 cm³/mol. The Morgan fingerprint density at radius 2 is 1.79 bits per heavy atom. The number of benzene rings is 2. The maximum Gasteiger partial charge on any atom is 0.257 e. The van der Waals surface area contributed by atoms with Gasteiger partial charge >= 0.3 is 0 Å². The highest BCUT2D eigenvalue weighted by molar-refractivity contribution is 7.80. The fourth-order valence-corrected chi connectivity index (χ4v) is 2.42. The van der Waals surface area contributed by atoms with Gasteiger partial charge in [0.1, 0.15) is 0 Å². The van der Waals surface area contributed by atoms with Crippen LogP contribution in [-0.2, 0) is 12.0 Å². The fourth-order valence-electron chi connectivity index (χ4n) is 2.21. The first-order valence-corrected chi connectivity index (χ1v) is 8.13. The van der Waals surface area contributed by atoms with Gasteiger partial charge in [0.2, 0.25) is 0 Å². The van der Waals surface area contributed by atoms with Gasteiger partial charge in [-0.25, -0.2) is 0 Å². The Kier molecular flexibility index (Phi) is 5.70. The van der Waals surface area contributed by atoms with Crippen molar-refractivity contribution in [2.24, 2.45) is 0 Å². The molecule has 4 nitrogen and oxygen atoms in total. The number of nitrogens with one attached hydrogen (secondary N) is 2. The zero-order valence-corrected chi connectivity index (χ0v) is 14.9. The second kappa shape index (κ2) is 7.55. The van der Waals surface area contributed by atoms with Crippen LogP contribution >= 0.6 is 12.2 Å². The monoisotopic (exact) mass is 342 g/mol. The minimum atomic E-state index is -0.258. The minimum Gasteiger partial charge on any atom is -0.392 e. The molecule has 0 atom stereocenters. The van der Waals surface area contributed by atoms with Crippen molar-refractivity contribution >= 4 is 28.9 Å². The molecule has 24 heavy (non-hydrogen) atoms. The summed E-state index contributed by atoms with van der Waals surface area (Å²) in [5, 5.41) is 15.0. The SMILES string of the molecule is CC(C)(C)c1ccc(C(=O)NC(=S)Nc2cccc(CO)c2)cc1. The van der Waals surface area contributed by atoms with Crippen LogP contribution in [0.25, 0.3) is 0 Å². The average molecular weight is 342 g/mol. The van der Waals surface area contributed by atoms with E-state index in [0.29, 0.717) is 5.56 Å². The number of aliphatic hydroxyl groups excluding tert-OH is 1. The first-order valence-electron chi connectivity index (χ1n) is 7.72. The van der Waals surface area contributed by atoms with Crippen molar-refractivity contribution in [1.29, 1.82) is 0 Å². The normalized spacial score (nSPS) is 11.0. The predicted octanol–water partition coefficient (Wildman–Crippen LogP) is 3.60.